The lowest BCUT2D eigenvalue weighted by atomic mass is 10.3. The summed E-state index contributed by atoms with van der Waals surface area (Å²) in [5.41, 5.74) is 0. The normalized spacial score (nSPS) is 10.2. The van der Waals surface area contributed by atoms with Crippen molar-refractivity contribution in [2.45, 2.75) is 33.6 Å². The van der Waals surface area contributed by atoms with Crippen LogP contribution >= 0.6 is 0 Å². The molecule has 1 aromatic carbocycles. The Morgan fingerprint density at radius 1 is 0.950 bits per heavy atom. The van der Waals surface area contributed by atoms with E-state index in [0.717, 1.165) is 31.7 Å². The fourth-order valence-corrected chi connectivity index (χ4v) is 1.94. The summed E-state index contributed by atoms with van der Waals surface area (Å²) < 4.78 is 10.9. The molecule has 0 aromatic heterocycles. The van der Waals surface area contributed by atoms with Crippen LogP contribution in [0.5, 0.6) is 11.5 Å². The molecule has 0 aliphatic heterocycles. The Morgan fingerprint density at radius 3 is 1.90 bits per heavy atom. The third-order valence-corrected chi connectivity index (χ3v) is 2.84. The van der Waals surface area contributed by atoms with E-state index in [0.29, 0.717) is 12.4 Å². The Hall–Kier alpha value is -1.71. The van der Waals surface area contributed by atoms with Crippen molar-refractivity contribution in [2.24, 2.45) is 0 Å². The molecule has 1 rings (SSSR count). The van der Waals surface area contributed by atoms with E-state index in [1.165, 1.54) is 0 Å². The molecule has 0 unspecified atom stereocenters. The first-order chi connectivity index (χ1) is 9.71. The van der Waals surface area contributed by atoms with E-state index in [9.17, 15) is 4.79 Å². The summed E-state index contributed by atoms with van der Waals surface area (Å²) in [6.45, 7) is 8.40. The molecule has 112 valence electrons. The topological polar surface area (TPSA) is 38.8 Å². The van der Waals surface area contributed by atoms with Crippen molar-refractivity contribution in [3.05, 3.63) is 24.3 Å². The number of hydrogen-bond donors (Lipinski definition) is 0. The number of rotatable bonds is 9. The number of benzene rings is 1. The van der Waals surface area contributed by atoms with Crippen molar-refractivity contribution < 1.29 is 14.3 Å². The summed E-state index contributed by atoms with van der Waals surface area (Å²) in [6, 6.07) is 7.34. The molecule has 0 N–H and O–H groups in total. The molecule has 0 radical (unpaired) electrons. The molecule has 0 fully saturated rings. The van der Waals surface area contributed by atoms with Crippen LogP contribution in [0.15, 0.2) is 24.3 Å². The second-order valence-corrected chi connectivity index (χ2v) is 4.57. The highest BCUT2D eigenvalue weighted by Crippen LogP contribution is 2.17. The smallest absolute Gasteiger partial charge is 0.260 e. The third kappa shape index (κ3) is 5.51. The Balaban J connectivity index is 2.46. The van der Waals surface area contributed by atoms with E-state index < -0.39 is 0 Å². The van der Waals surface area contributed by atoms with Gasteiger partial charge in [-0.15, -0.1) is 0 Å². The summed E-state index contributed by atoms with van der Waals surface area (Å²) in [4.78, 5) is 13.9. The summed E-state index contributed by atoms with van der Waals surface area (Å²) in [7, 11) is 0. The van der Waals surface area contributed by atoms with E-state index in [1.807, 2.05) is 36.1 Å². The van der Waals surface area contributed by atoms with Gasteiger partial charge in [0.2, 0.25) is 0 Å². The second-order valence-electron chi connectivity index (χ2n) is 4.57. The molecule has 1 amide bonds. The van der Waals surface area contributed by atoms with Crippen LogP contribution in [-0.4, -0.2) is 37.1 Å². The average molecular weight is 279 g/mol. The van der Waals surface area contributed by atoms with Crippen LogP contribution in [0, 0.1) is 0 Å². The third-order valence-electron chi connectivity index (χ3n) is 2.84. The zero-order valence-electron chi connectivity index (χ0n) is 12.7. The lowest BCUT2D eigenvalue weighted by molar-refractivity contribution is -0.133. The van der Waals surface area contributed by atoms with E-state index in [2.05, 4.69) is 13.8 Å². The molecule has 0 saturated carbocycles. The fraction of sp³-hybridized carbons (Fsp3) is 0.562. The molecule has 4 nitrogen and oxygen atoms in total. The highest BCUT2D eigenvalue weighted by atomic mass is 16.5. The zero-order valence-corrected chi connectivity index (χ0v) is 12.7. The first-order valence-corrected chi connectivity index (χ1v) is 7.34. The number of ether oxygens (including phenoxy) is 2. The van der Waals surface area contributed by atoms with E-state index in [1.54, 1.807) is 0 Å². The van der Waals surface area contributed by atoms with Crippen LogP contribution in [-0.2, 0) is 4.79 Å². The molecule has 0 spiro atoms. The zero-order chi connectivity index (χ0) is 14.8. The van der Waals surface area contributed by atoms with Crippen molar-refractivity contribution in [1.29, 1.82) is 0 Å². The summed E-state index contributed by atoms with van der Waals surface area (Å²) in [5.74, 6) is 1.54. The van der Waals surface area contributed by atoms with Gasteiger partial charge in [-0.1, -0.05) is 13.8 Å². The van der Waals surface area contributed by atoms with Crippen LogP contribution in [0.3, 0.4) is 0 Å². The van der Waals surface area contributed by atoms with Crippen LogP contribution in [0.2, 0.25) is 0 Å². The summed E-state index contributed by atoms with van der Waals surface area (Å²) >= 11 is 0. The van der Waals surface area contributed by atoms with Gasteiger partial charge in [-0.2, -0.15) is 0 Å². The molecule has 1 aromatic rings. The Labute approximate surface area is 121 Å². The number of carbonyl (C=O) groups excluding carboxylic acids is 1. The predicted molar refractivity (Wildman–Crippen MR) is 80.3 cm³/mol. The number of amides is 1. The number of carbonyl (C=O) groups is 1. The monoisotopic (exact) mass is 279 g/mol. The highest BCUT2D eigenvalue weighted by Gasteiger charge is 2.12. The Bertz CT molecular complexity index is 383. The SMILES string of the molecule is CCCN(CCC)C(=O)COc1ccc(OCC)cc1. The molecule has 4 heteroatoms. The van der Waals surface area contributed by atoms with Gasteiger partial charge in [0.1, 0.15) is 11.5 Å². The van der Waals surface area contributed by atoms with Crippen LogP contribution < -0.4 is 9.47 Å². The maximum atomic E-state index is 12.0. The van der Waals surface area contributed by atoms with Gasteiger partial charge in [0.05, 0.1) is 6.61 Å². The van der Waals surface area contributed by atoms with Gasteiger partial charge < -0.3 is 14.4 Å². The van der Waals surface area contributed by atoms with Crippen molar-refractivity contribution >= 4 is 5.91 Å². The lowest BCUT2D eigenvalue weighted by Crippen LogP contribution is -2.36. The predicted octanol–water partition coefficient (Wildman–Crippen LogP) is 3.11. The molecule has 0 atom stereocenters. The largest absolute Gasteiger partial charge is 0.494 e. The molecule has 0 aliphatic rings. The summed E-state index contributed by atoms with van der Waals surface area (Å²) in [5, 5.41) is 0. The van der Waals surface area contributed by atoms with Crippen LogP contribution in [0.25, 0.3) is 0 Å². The van der Waals surface area contributed by atoms with Crippen molar-refractivity contribution in [3.63, 3.8) is 0 Å². The maximum absolute atomic E-state index is 12.0. The molecule has 0 saturated heterocycles. The van der Waals surface area contributed by atoms with E-state index in [-0.39, 0.29) is 12.5 Å². The first-order valence-electron chi connectivity index (χ1n) is 7.34. The summed E-state index contributed by atoms with van der Waals surface area (Å²) in [6.07, 6.45) is 1.93. The lowest BCUT2D eigenvalue weighted by Gasteiger charge is -2.21. The molecular weight excluding hydrogens is 254 g/mol. The number of hydrogen-bond acceptors (Lipinski definition) is 3. The van der Waals surface area contributed by atoms with Gasteiger partial charge in [0.15, 0.2) is 6.61 Å². The average Bonchev–Trinajstić information content (AvgIpc) is 2.46. The molecule has 0 bridgehead atoms. The van der Waals surface area contributed by atoms with E-state index >= 15 is 0 Å². The highest BCUT2D eigenvalue weighted by molar-refractivity contribution is 5.77. The van der Waals surface area contributed by atoms with Crippen molar-refractivity contribution in [1.82, 2.24) is 4.90 Å². The van der Waals surface area contributed by atoms with E-state index in [4.69, 9.17) is 9.47 Å². The van der Waals surface area contributed by atoms with Crippen LogP contribution in [0.1, 0.15) is 33.6 Å². The van der Waals surface area contributed by atoms with Crippen molar-refractivity contribution in [2.75, 3.05) is 26.3 Å². The minimum Gasteiger partial charge on any atom is -0.494 e. The van der Waals surface area contributed by atoms with Gasteiger partial charge in [0, 0.05) is 13.1 Å². The number of nitrogens with zero attached hydrogens (tertiary/aromatic N) is 1. The van der Waals surface area contributed by atoms with Gasteiger partial charge >= 0.3 is 0 Å². The molecule has 0 aliphatic carbocycles. The van der Waals surface area contributed by atoms with Gasteiger partial charge in [-0.25, -0.2) is 0 Å². The fourth-order valence-electron chi connectivity index (χ4n) is 1.94. The molecule has 0 heterocycles. The van der Waals surface area contributed by atoms with Gasteiger partial charge in [-0.3, -0.25) is 4.79 Å². The second kappa shape index (κ2) is 9.23. The first kappa shape index (κ1) is 16.3. The molecular formula is C16H25NO3. The maximum Gasteiger partial charge on any atom is 0.260 e. The quantitative estimate of drug-likeness (QED) is 0.697. The van der Waals surface area contributed by atoms with Crippen LogP contribution in [0.4, 0.5) is 0 Å². The van der Waals surface area contributed by atoms with Crippen molar-refractivity contribution in [3.8, 4) is 11.5 Å². The van der Waals surface area contributed by atoms with Gasteiger partial charge in [-0.05, 0) is 44.0 Å². The molecule has 20 heavy (non-hydrogen) atoms. The minimum absolute atomic E-state index is 0.0441. The Morgan fingerprint density at radius 2 is 1.45 bits per heavy atom. The standard InChI is InChI=1S/C16H25NO3/c1-4-11-17(12-5-2)16(18)13-20-15-9-7-14(8-10-15)19-6-3/h7-10H,4-6,11-13H2,1-3H3. The Kier molecular flexibility index (Phi) is 7.55. The van der Waals surface area contributed by atoms with Gasteiger partial charge in [0.25, 0.3) is 5.91 Å². The minimum atomic E-state index is 0.0441.